The lowest BCUT2D eigenvalue weighted by Crippen LogP contribution is -2.09. The first-order valence-corrected chi connectivity index (χ1v) is 6.47. The molecule has 0 saturated carbocycles. The summed E-state index contributed by atoms with van der Waals surface area (Å²) in [7, 11) is 1.99. The van der Waals surface area contributed by atoms with Crippen LogP contribution in [-0.2, 0) is 12.8 Å². The van der Waals surface area contributed by atoms with E-state index in [0.717, 1.165) is 19.4 Å². The number of hydrogen-bond donors (Lipinski definition) is 1. The Morgan fingerprint density at radius 2 is 2.13 bits per heavy atom. The predicted octanol–water partition coefficient (Wildman–Crippen LogP) is 2.88. The Bertz CT molecular complexity index is 286. The summed E-state index contributed by atoms with van der Waals surface area (Å²) in [6, 6.07) is 0. The van der Waals surface area contributed by atoms with Crippen LogP contribution in [0.4, 0.5) is 0 Å². The smallest absolute Gasteiger partial charge is 0.0933 e. The maximum Gasteiger partial charge on any atom is 0.0933 e. The first-order chi connectivity index (χ1) is 7.01. The molecule has 0 spiro atoms. The zero-order chi connectivity index (χ0) is 11.3. The van der Waals surface area contributed by atoms with Crippen molar-refractivity contribution in [3.63, 3.8) is 0 Å². The van der Waals surface area contributed by atoms with Crippen molar-refractivity contribution in [2.75, 3.05) is 13.6 Å². The summed E-state index contributed by atoms with van der Waals surface area (Å²) in [6.07, 6.45) is 3.36. The topological polar surface area (TPSA) is 24.9 Å². The number of rotatable bonds is 5. The zero-order valence-corrected chi connectivity index (χ0v) is 11.1. The zero-order valence-electron chi connectivity index (χ0n) is 10.3. The van der Waals surface area contributed by atoms with Crippen LogP contribution < -0.4 is 5.32 Å². The molecule has 0 aliphatic carbocycles. The van der Waals surface area contributed by atoms with Crippen molar-refractivity contribution >= 4 is 11.3 Å². The van der Waals surface area contributed by atoms with Gasteiger partial charge in [-0.1, -0.05) is 20.8 Å². The van der Waals surface area contributed by atoms with Crippen molar-refractivity contribution in [1.82, 2.24) is 10.3 Å². The molecule has 0 unspecified atom stereocenters. The molecule has 0 aliphatic rings. The van der Waals surface area contributed by atoms with Gasteiger partial charge >= 0.3 is 0 Å². The van der Waals surface area contributed by atoms with E-state index >= 15 is 0 Å². The summed E-state index contributed by atoms with van der Waals surface area (Å²) < 4.78 is 0. The third-order valence-electron chi connectivity index (χ3n) is 2.14. The van der Waals surface area contributed by atoms with E-state index in [9.17, 15) is 0 Å². The number of nitrogens with one attached hydrogen (secondary N) is 1. The highest BCUT2D eigenvalue weighted by atomic mass is 32.1. The SMILES string of the molecule is CNCCCc1csc(CC(C)(C)C)n1. The van der Waals surface area contributed by atoms with Crippen LogP contribution in [0.1, 0.15) is 37.9 Å². The standard InChI is InChI=1S/C12H22N2S/c1-12(2,3)8-11-14-10(9-15-11)6-5-7-13-4/h9,13H,5-8H2,1-4H3. The van der Waals surface area contributed by atoms with Crippen LogP contribution in [0.2, 0.25) is 0 Å². The van der Waals surface area contributed by atoms with Gasteiger partial charge in [0.05, 0.1) is 10.7 Å². The molecule has 0 radical (unpaired) electrons. The fourth-order valence-corrected chi connectivity index (χ4v) is 2.57. The Morgan fingerprint density at radius 3 is 2.73 bits per heavy atom. The molecule has 0 amide bonds. The molecule has 1 N–H and O–H groups in total. The largest absolute Gasteiger partial charge is 0.320 e. The van der Waals surface area contributed by atoms with Crippen molar-refractivity contribution < 1.29 is 0 Å². The monoisotopic (exact) mass is 226 g/mol. The van der Waals surface area contributed by atoms with Crippen LogP contribution >= 0.6 is 11.3 Å². The molecule has 0 aromatic carbocycles. The number of hydrogen-bond acceptors (Lipinski definition) is 3. The molecule has 2 nitrogen and oxygen atoms in total. The lowest BCUT2D eigenvalue weighted by Gasteiger charge is -2.15. The predicted molar refractivity (Wildman–Crippen MR) is 67.5 cm³/mol. The second-order valence-corrected chi connectivity index (χ2v) is 6.12. The summed E-state index contributed by atoms with van der Waals surface area (Å²) in [5.74, 6) is 0. The molecule has 1 aromatic heterocycles. The van der Waals surface area contributed by atoms with E-state index in [1.165, 1.54) is 17.1 Å². The molecule has 0 bridgehead atoms. The minimum Gasteiger partial charge on any atom is -0.320 e. The molecule has 0 fully saturated rings. The van der Waals surface area contributed by atoms with E-state index in [2.05, 4.69) is 36.5 Å². The summed E-state index contributed by atoms with van der Waals surface area (Å²) in [5, 5.41) is 6.64. The number of nitrogens with zero attached hydrogens (tertiary/aromatic N) is 1. The highest BCUT2D eigenvalue weighted by molar-refractivity contribution is 7.09. The van der Waals surface area contributed by atoms with Crippen molar-refractivity contribution in [3.8, 4) is 0 Å². The Hall–Kier alpha value is -0.410. The highest BCUT2D eigenvalue weighted by Gasteiger charge is 2.13. The maximum absolute atomic E-state index is 4.66. The Labute approximate surface area is 97.1 Å². The third-order valence-corrected chi connectivity index (χ3v) is 3.04. The first kappa shape index (κ1) is 12.7. The van der Waals surface area contributed by atoms with Crippen molar-refractivity contribution in [3.05, 3.63) is 16.1 Å². The van der Waals surface area contributed by atoms with Gasteiger partial charge in [-0.15, -0.1) is 11.3 Å². The Kier molecular flexibility index (Phi) is 4.74. The minimum atomic E-state index is 0.347. The summed E-state index contributed by atoms with van der Waals surface area (Å²) in [6.45, 7) is 7.85. The molecule has 0 aliphatic heterocycles. The van der Waals surface area contributed by atoms with Gasteiger partial charge in [-0.25, -0.2) is 4.98 Å². The van der Waals surface area contributed by atoms with Gasteiger partial charge in [0.15, 0.2) is 0 Å². The number of aryl methyl sites for hydroxylation is 1. The average Bonchev–Trinajstić information content (AvgIpc) is 2.50. The normalized spacial score (nSPS) is 12.0. The van der Waals surface area contributed by atoms with E-state index in [1.54, 1.807) is 11.3 Å². The average molecular weight is 226 g/mol. The van der Waals surface area contributed by atoms with Crippen LogP contribution in [0.3, 0.4) is 0 Å². The van der Waals surface area contributed by atoms with Crippen LogP contribution in [0.5, 0.6) is 0 Å². The second-order valence-electron chi connectivity index (χ2n) is 5.18. The van der Waals surface area contributed by atoms with Crippen molar-refractivity contribution in [1.29, 1.82) is 0 Å². The van der Waals surface area contributed by atoms with Gasteiger partial charge in [0, 0.05) is 11.8 Å². The Morgan fingerprint density at radius 1 is 1.40 bits per heavy atom. The number of aromatic nitrogens is 1. The molecule has 15 heavy (non-hydrogen) atoms. The van der Waals surface area contributed by atoms with Crippen LogP contribution in [0.25, 0.3) is 0 Å². The summed E-state index contributed by atoms with van der Waals surface area (Å²) in [4.78, 5) is 4.66. The summed E-state index contributed by atoms with van der Waals surface area (Å²) in [5.41, 5.74) is 1.61. The fraction of sp³-hybridized carbons (Fsp3) is 0.750. The molecule has 0 atom stereocenters. The summed E-state index contributed by atoms with van der Waals surface area (Å²) >= 11 is 1.80. The van der Waals surface area contributed by atoms with Gasteiger partial charge < -0.3 is 5.32 Å². The van der Waals surface area contributed by atoms with Gasteiger partial charge in [-0.05, 0) is 31.8 Å². The molecule has 0 saturated heterocycles. The highest BCUT2D eigenvalue weighted by Crippen LogP contribution is 2.23. The van der Waals surface area contributed by atoms with E-state index in [1.807, 2.05) is 7.05 Å². The van der Waals surface area contributed by atoms with E-state index in [4.69, 9.17) is 0 Å². The Balaban J connectivity index is 2.42. The quantitative estimate of drug-likeness (QED) is 0.781. The second kappa shape index (κ2) is 5.61. The number of thiazole rings is 1. The fourth-order valence-electron chi connectivity index (χ4n) is 1.44. The third kappa shape index (κ3) is 5.28. The van der Waals surface area contributed by atoms with Crippen LogP contribution in [-0.4, -0.2) is 18.6 Å². The molecule has 3 heteroatoms. The van der Waals surface area contributed by atoms with Gasteiger partial charge in [-0.3, -0.25) is 0 Å². The lowest BCUT2D eigenvalue weighted by atomic mass is 9.93. The molecule has 1 rings (SSSR count). The first-order valence-electron chi connectivity index (χ1n) is 5.59. The minimum absolute atomic E-state index is 0.347. The van der Waals surface area contributed by atoms with Crippen molar-refractivity contribution in [2.45, 2.75) is 40.0 Å². The molecular formula is C12H22N2S. The van der Waals surface area contributed by atoms with Gasteiger partial charge in [0.1, 0.15) is 0 Å². The van der Waals surface area contributed by atoms with E-state index in [-0.39, 0.29) is 0 Å². The van der Waals surface area contributed by atoms with Crippen molar-refractivity contribution in [2.24, 2.45) is 5.41 Å². The van der Waals surface area contributed by atoms with E-state index in [0.29, 0.717) is 5.41 Å². The maximum atomic E-state index is 4.66. The van der Waals surface area contributed by atoms with Crippen LogP contribution in [0.15, 0.2) is 5.38 Å². The van der Waals surface area contributed by atoms with Gasteiger partial charge in [-0.2, -0.15) is 0 Å². The van der Waals surface area contributed by atoms with Gasteiger partial charge in [0.25, 0.3) is 0 Å². The molecular weight excluding hydrogens is 204 g/mol. The van der Waals surface area contributed by atoms with E-state index < -0.39 is 0 Å². The van der Waals surface area contributed by atoms with Gasteiger partial charge in [0.2, 0.25) is 0 Å². The molecule has 1 aromatic rings. The van der Waals surface area contributed by atoms with Crippen LogP contribution in [0, 0.1) is 5.41 Å². The molecule has 86 valence electrons. The molecule has 1 heterocycles. The lowest BCUT2D eigenvalue weighted by molar-refractivity contribution is 0.410.